The van der Waals surface area contributed by atoms with Gasteiger partial charge in [-0.25, -0.2) is 9.97 Å². The van der Waals surface area contributed by atoms with Crippen LogP contribution in [0.2, 0.25) is 20.1 Å². The van der Waals surface area contributed by atoms with Crippen LogP contribution in [0.3, 0.4) is 0 Å². The molecule has 0 saturated heterocycles. The van der Waals surface area contributed by atoms with Gasteiger partial charge in [-0.2, -0.15) is 0 Å². The van der Waals surface area contributed by atoms with E-state index in [1.807, 2.05) is 36.8 Å². The lowest BCUT2D eigenvalue weighted by Crippen LogP contribution is -2.51. The van der Waals surface area contributed by atoms with Crippen molar-refractivity contribution in [2.24, 2.45) is 28.1 Å². The summed E-state index contributed by atoms with van der Waals surface area (Å²) in [5.41, 5.74) is 0.541. The van der Waals surface area contributed by atoms with Gasteiger partial charge in [-0.05, 0) is 135 Å². The monoisotopic (exact) mass is 1240 g/mol. The lowest BCUT2D eigenvalue weighted by Gasteiger charge is -2.28. The Hall–Kier alpha value is -5.77. The number of benzene rings is 2. The van der Waals surface area contributed by atoms with Crippen molar-refractivity contribution in [2.45, 2.75) is 193 Å². The zero-order chi connectivity index (χ0) is 62.9. The molecule has 3 N–H and O–H groups in total. The molecule has 0 aliphatic carbocycles. The molecule has 3 unspecified atom stereocenters. The molecule has 7 atom stereocenters. The number of nitrogens with zero attached hydrogens (tertiary/aromatic N) is 4. The molecule has 4 aromatic rings. The van der Waals surface area contributed by atoms with Crippen molar-refractivity contribution < 1.29 is 67.1 Å². The summed E-state index contributed by atoms with van der Waals surface area (Å²) in [7, 11) is 0. The van der Waals surface area contributed by atoms with Crippen LogP contribution in [0, 0.1) is 28.1 Å². The van der Waals surface area contributed by atoms with Crippen LogP contribution in [0.15, 0.2) is 61.4 Å². The Morgan fingerprint density at radius 2 is 0.759 bits per heavy atom. The van der Waals surface area contributed by atoms with E-state index in [2.05, 4.69) is 20.6 Å². The first-order valence-corrected chi connectivity index (χ1v) is 28.7. The van der Waals surface area contributed by atoms with E-state index >= 15 is 0 Å². The van der Waals surface area contributed by atoms with Gasteiger partial charge in [0.2, 0.25) is 18.9 Å². The van der Waals surface area contributed by atoms with Crippen LogP contribution >= 0.6 is 46.4 Å². The van der Waals surface area contributed by atoms with Gasteiger partial charge in [0.15, 0.2) is 0 Å². The maximum absolute atomic E-state index is 13.6. The van der Waals surface area contributed by atoms with Gasteiger partial charge < -0.3 is 42.7 Å². The number of ether oxygens (including phenoxy) is 6. The molecule has 4 rings (SSSR count). The molecule has 24 heteroatoms. The van der Waals surface area contributed by atoms with E-state index in [0.717, 1.165) is 11.1 Å². The molecule has 0 radical (unpaired) electrons. The third kappa shape index (κ3) is 25.5. The normalized spacial score (nSPS) is 14.4. The average Bonchev–Trinajstić information content (AvgIpc) is 4.25. The average molecular weight is 1240 g/mol. The first kappa shape index (κ1) is 71.5. The zero-order valence-electron chi connectivity index (χ0n) is 50.3. The highest BCUT2D eigenvalue weighted by atomic mass is 35.5. The Kier molecular flexibility index (Phi) is 27.5. The molecule has 0 saturated carbocycles. The number of halogens is 4. The third-order valence-corrected chi connectivity index (χ3v) is 12.7. The number of carboxylic acids is 1. The minimum atomic E-state index is -1.20. The number of carboxylic acid groups (broad SMARTS) is 1. The highest BCUT2D eigenvalue weighted by molar-refractivity contribution is 6.35. The topological polar surface area (TPSA) is 255 Å². The summed E-state index contributed by atoms with van der Waals surface area (Å²) in [5, 5.41) is 17.7. The SMILES string of the molecule is CC(C)C[C@H](N[C@@H](Cc1cncn1Cc1cc(Cl)cc(Cl)c1)C(=O)OC(C)OC(=O)C(C)(C)C)C(=O)O.CC(C)C[C@H](N[C@@H](Cc1cncn1Cc1cc(Cl)cc(Cl)c1)C(=O)OC(C)OC(=O)C(C)(C)C)C(=O)OC(C)OC(=O)C(C)(C)C. The summed E-state index contributed by atoms with van der Waals surface area (Å²) < 4.78 is 35.9. The van der Waals surface area contributed by atoms with E-state index in [9.17, 15) is 38.7 Å². The highest BCUT2D eigenvalue weighted by Crippen LogP contribution is 2.25. The van der Waals surface area contributed by atoms with Crippen molar-refractivity contribution in [1.29, 1.82) is 0 Å². The quantitative estimate of drug-likeness (QED) is 0.0300. The lowest BCUT2D eigenvalue weighted by atomic mass is 9.97. The second-order valence-corrected chi connectivity index (χ2v) is 25.9. The van der Waals surface area contributed by atoms with Crippen LogP contribution in [-0.2, 0) is 87.9 Å². The molecule has 2 aromatic heterocycles. The van der Waals surface area contributed by atoms with Gasteiger partial charge in [-0.3, -0.25) is 44.2 Å². The largest absolute Gasteiger partial charge is 0.480 e. The summed E-state index contributed by atoms with van der Waals surface area (Å²) in [5.74, 6) is -4.83. The first-order valence-electron chi connectivity index (χ1n) is 27.2. The Morgan fingerprint density at radius 1 is 0.470 bits per heavy atom. The van der Waals surface area contributed by atoms with Gasteiger partial charge in [0.1, 0.15) is 24.2 Å². The summed E-state index contributed by atoms with van der Waals surface area (Å²) in [6.45, 7) is 27.9. The fraction of sp³-hybridized carbons (Fsp3) is 0.576. The highest BCUT2D eigenvalue weighted by Gasteiger charge is 2.36. The Bertz CT molecular complexity index is 2790. The van der Waals surface area contributed by atoms with Gasteiger partial charge >= 0.3 is 41.8 Å². The van der Waals surface area contributed by atoms with Gasteiger partial charge in [0, 0.05) is 90.6 Å². The molecular formula is C59H82Cl4N6O14. The van der Waals surface area contributed by atoms with Crippen molar-refractivity contribution in [2.75, 3.05) is 0 Å². The maximum atomic E-state index is 13.6. The second-order valence-electron chi connectivity index (χ2n) is 24.1. The first-order chi connectivity index (χ1) is 38.3. The Labute approximate surface area is 507 Å². The van der Waals surface area contributed by atoms with Gasteiger partial charge in [0.25, 0.3) is 0 Å². The van der Waals surface area contributed by atoms with Crippen LogP contribution in [0.4, 0.5) is 0 Å². The van der Waals surface area contributed by atoms with E-state index in [4.69, 9.17) is 74.8 Å². The maximum Gasteiger partial charge on any atom is 0.326 e. The van der Waals surface area contributed by atoms with Crippen LogP contribution in [0.1, 0.15) is 146 Å². The molecule has 0 aliphatic heterocycles. The van der Waals surface area contributed by atoms with Crippen molar-refractivity contribution in [1.82, 2.24) is 29.7 Å². The number of hydrogen-bond acceptors (Lipinski definition) is 17. The Morgan fingerprint density at radius 3 is 1.05 bits per heavy atom. The number of hydrogen-bond donors (Lipinski definition) is 3. The van der Waals surface area contributed by atoms with Gasteiger partial charge in [0.05, 0.1) is 28.9 Å². The van der Waals surface area contributed by atoms with Gasteiger partial charge in [-0.1, -0.05) is 74.1 Å². The minimum Gasteiger partial charge on any atom is -0.480 e. The lowest BCUT2D eigenvalue weighted by molar-refractivity contribution is -0.194. The van der Waals surface area contributed by atoms with Gasteiger partial charge in [-0.15, -0.1) is 0 Å². The number of imidazole rings is 2. The van der Waals surface area contributed by atoms with E-state index in [1.54, 1.807) is 124 Å². The van der Waals surface area contributed by atoms with E-state index in [1.165, 1.54) is 20.8 Å². The number of aliphatic carboxylic acids is 1. The summed E-state index contributed by atoms with van der Waals surface area (Å²) >= 11 is 24.6. The van der Waals surface area contributed by atoms with Crippen molar-refractivity contribution in [3.63, 3.8) is 0 Å². The molecule has 2 aromatic carbocycles. The summed E-state index contributed by atoms with van der Waals surface area (Å²) in [6.07, 6.45) is 3.59. The number of carbonyl (C=O) groups excluding carboxylic acids is 6. The molecule has 83 heavy (non-hydrogen) atoms. The molecule has 0 amide bonds. The number of rotatable bonds is 26. The molecule has 0 spiro atoms. The predicted molar refractivity (Wildman–Crippen MR) is 314 cm³/mol. The molecular weight excluding hydrogens is 1160 g/mol. The van der Waals surface area contributed by atoms with Crippen molar-refractivity contribution in [3.05, 3.63) is 104 Å². The minimum absolute atomic E-state index is 0.0129. The molecule has 0 bridgehead atoms. The molecule has 20 nitrogen and oxygen atoms in total. The van der Waals surface area contributed by atoms with Crippen molar-refractivity contribution in [3.8, 4) is 0 Å². The van der Waals surface area contributed by atoms with Crippen molar-refractivity contribution >= 4 is 88.2 Å². The zero-order valence-corrected chi connectivity index (χ0v) is 53.3. The standard InChI is InChI=1S/C33H47Cl2N3O8.C26H35Cl2N3O6/c1-19(2)11-26(28(39)43-20(3)45-30(41)32(5,6)7)37-27(29(40)44-21(4)46-31(42)33(8,9)10)15-25-16-36-18-38(25)17-22-12-23(34)14-24(35)13-22;1-15(2)7-21(23(32)33)30-22(24(34)36-16(3)37-25(35)26(4,5)6)11-20-12-29-14-31(20)13-17-8-18(27)10-19(28)9-17/h12-14,16,18-21,26-27,37H,11,15,17H2,1-10H3;8-10,12,14-16,21-22,30H,7,11,13H2,1-6H3,(H,32,33)/t20?,21?,26-,27-;16?,21-,22-/m00/s1. The fourth-order valence-corrected chi connectivity index (χ4v) is 8.79. The molecule has 0 aliphatic rings. The van der Waals surface area contributed by atoms with Crippen LogP contribution in [-0.4, -0.2) is 109 Å². The van der Waals surface area contributed by atoms with E-state index in [0.29, 0.717) is 51.0 Å². The number of carbonyl (C=O) groups is 7. The predicted octanol–water partition coefficient (Wildman–Crippen LogP) is 10.8. The number of esters is 6. The van der Waals surface area contributed by atoms with Crippen LogP contribution < -0.4 is 10.6 Å². The Balaban J connectivity index is 0.000000445. The molecule has 460 valence electrons. The number of nitrogens with one attached hydrogen (secondary N) is 2. The smallest absolute Gasteiger partial charge is 0.326 e. The third-order valence-electron chi connectivity index (χ3n) is 11.8. The second kappa shape index (κ2) is 31.9. The van der Waals surface area contributed by atoms with E-state index < -0.39 is 101 Å². The summed E-state index contributed by atoms with van der Waals surface area (Å²) in [4.78, 5) is 97.5. The molecule has 0 fully saturated rings. The fourth-order valence-electron chi connectivity index (χ4n) is 7.65. The molecule has 2 heterocycles. The van der Waals surface area contributed by atoms with Crippen LogP contribution in [0.25, 0.3) is 0 Å². The van der Waals surface area contributed by atoms with Crippen LogP contribution in [0.5, 0.6) is 0 Å². The number of aromatic nitrogens is 4. The van der Waals surface area contributed by atoms with E-state index in [-0.39, 0.29) is 31.1 Å². The summed E-state index contributed by atoms with van der Waals surface area (Å²) in [6, 6.07) is 6.23.